The molecule has 19 nitrogen and oxygen atoms in total. The summed E-state index contributed by atoms with van der Waals surface area (Å²) >= 11 is 0. The summed E-state index contributed by atoms with van der Waals surface area (Å²) in [6.07, 6.45) is -19.1. The molecular weight excluding hydrogens is 688 g/mol. The zero-order valence-electron chi connectivity index (χ0n) is 25.8. The number of carboxylic acid groups (broad SMARTS) is 1. The molecule has 0 unspecified atom stereocenters. The van der Waals surface area contributed by atoms with Crippen molar-refractivity contribution in [1.82, 2.24) is 0 Å². The molecule has 0 aliphatic carbocycles. The highest BCUT2D eigenvalue weighted by Crippen LogP contribution is 2.41. The normalized spacial score (nSPS) is 33.4. The lowest BCUT2D eigenvalue weighted by Crippen LogP contribution is -2.70. The fourth-order valence-corrected chi connectivity index (χ4v) is 6.02. The maximum absolute atomic E-state index is 13.6. The molecule has 51 heavy (non-hydrogen) atoms. The molecule has 2 bridgehead atoms. The number of aliphatic hydroxyl groups is 7. The van der Waals surface area contributed by atoms with E-state index in [1.54, 1.807) is 0 Å². The number of rotatable bonds is 6. The Balaban J connectivity index is 1.38. The Morgan fingerprint density at radius 1 is 0.882 bits per heavy atom. The average molecular weight is 719 g/mol. The van der Waals surface area contributed by atoms with Crippen LogP contribution >= 0.6 is 0 Å². The van der Waals surface area contributed by atoms with Gasteiger partial charge in [0.15, 0.2) is 16.9 Å². The summed E-state index contributed by atoms with van der Waals surface area (Å²) in [5.41, 5.74) is -6.63. The first kappa shape index (κ1) is 35.8. The number of carbonyl (C=O) groups excluding carboxylic acids is 1. The van der Waals surface area contributed by atoms with Crippen molar-refractivity contribution >= 4 is 22.9 Å². The molecule has 3 aliphatic rings. The number of phenols is 3. The highest BCUT2D eigenvalue weighted by molar-refractivity contribution is 5.87. The van der Waals surface area contributed by atoms with Crippen LogP contribution in [0.5, 0.6) is 23.0 Å². The van der Waals surface area contributed by atoms with E-state index in [-0.39, 0.29) is 40.9 Å². The molecule has 10 atom stereocenters. The average Bonchev–Trinajstić information content (AvgIpc) is 3.13. The minimum Gasteiger partial charge on any atom is -0.507 e. The van der Waals surface area contributed by atoms with Gasteiger partial charge in [0.05, 0.1) is 6.42 Å². The largest absolute Gasteiger partial charge is 0.507 e. The second-order valence-corrected chi connectivity index (χ2v) is 12.0. The molecule has 1 spiro atoms. The van der Waals surface area contributed by atoms with E-state index in [1.165, 1.54) is 6.07 Å². The summed E-state index contributed by atoms with van der Waals surface area (Å²) in [5, 5.41) is 114. The lowest BCUT2D eigenvalue weighted by Gasteiger charge is -2.47. The van der Waals surface area contributed by atoms with Gasteiger partial charge in [0.25, 0.3) is 5.60 Å². The Labute approximate surface area is 284 Å². The van der Waals surface area contributed by atoms with E-state index in [1.807, 2.05) is 0 Å². The number of phenolic OH excluding ortho intramolecular Hbond substituents is 3. The van der Waals surface area contributed by atoms with E-state index in [2.05, 4.69) is 11.8 Å². The van der Waals surface area contributed by atoms with Crippen LogP contribution in [0.15, 0.2) is 39.5 Å². The summed E-state index contributed by atoms with van der Waals surface area (Å²) in [6, 6.07) is 5.33. The first-order chi connectivity index (χ1) is 24.0. The molecule has 0 radical (unpaired) electrons. The summed E-state index contributed by atoms with van der Waals surface area (Å²) in [4.78, 5) is 38.7. The number of aromatic hydroxyl groups is 3. The lowest BCUT2D eigenvalue weighted by molar-refractivity contribution is -0.329. The van der Waals surface area contributed by atoms with Crippen molar-refractivity contribution in [2.75, 3.05) is 6.61 Å². The van der Waals surface area contributed by atoms with Gasteiger partial charge in [-0.1, -0.05) is 11.8 Å². The SMILES string of the molecule is O=C(O)[C@]12C#CC[C@@]3(O[C@@H](Oc4cc(O)c5c(=O)cc(-c6cc(O)c(O)c(CCO)c6)oc5c4)[C@H](O)[C@@H](O)[C@@H]3O)C(=O)O[C@@H](O1)[C@H](O)[C@@H](O)[C@@H]2O. The van der Waals surface area contributed by atoms with Crippen LogP contribution in [0.3, 0.4) is 0 Å². The predicted octanol–water partition coefficient (Wildman–Crippen LogP) is -3.12. The first-order valence-electron chi connectivity index (χ1n) is 15.1. The molecule has 19 heteroatoms. The van der Waals surface area contributed by atoms with Gasteiger partial charge in [0, 0.05) is 35.9 Å². The molecule has 3 aromatic rings. The molecular formula is C32H30O19. The maximum Gasteiger partial charge on any atom is 0.351 e. The van der Waals surface area contributed by atoms with Crippen LogP contribution in [0.25, 0.3) is 22.3 Å². The summed E-state index contributed by atoms with van der Waals surface area (Å²) in [6.45, 7) is -0.384. The number of carboxylic acids is 1. The molecule has 2 aromatic carbocycles. The third kappa shape index (κ3) is 5.78. The van der Waals surface area contributed by atoms with E-state index in [0.29, 0.717) is 0 Å². The van der Waals surface area contributed by atoms with Gasteiger partial charge in [-0.15, -0.1) is 0 Å². The molecule has 272 valence electrons. The number of ether oxygens (including phenoxy) is 4. The fourth-order valence-electron chi connectivity index (χ4n) is 6.02. The second kappa shape index (κ2) is 13.0. The Hall–Kier alpha value is -5.01. The Kier molecular flexibility index (Phi) is 9.09. The van der Waals surface area contributed by atoms with E-state index in [4.69, 9.17) is 23.4 Å². The van der Waals surface area contributed by atoms with Gasteiger partial charge in [-0.2, -0.15) is 0 Å². The van der Waals surface area contributed by atoms with Crippen LogP contribution in [-0.2, 0) is 30.2 Å². The first-order valence-corrected chi connectivity index (χ1v) is 15.1. The Bertz CT molecular complexity index is 2020. The van der Waals surface area contributed by atoms with Crippen molar-refractivity contribution in [2.45, 2.75) is 73.2 Å². The molecule has 11 N–H and O–H groups in total. The predicted molar refractivity (Wildman–Crippen MR) is 162 cm³/mol. The highest BCUT2D eigenvalue weighted by atomic mass is 16.8. The third-order valence-corrected chi connectivity index (χ3v) is 8.81. The topological polar surface area (TPSA) is 324 Å². The number of esters is 1. The van der Waals surface area contributed by atoms with Gasteiger partial charge in [-0.25, -0.2) is 9.59 Å². The van der Waals surface area contributed by atoms with Crippen molar-refractivity contribution in [2.24, 2.45) is 0 Å². The van der Waals surface area contributed by atoms with Crippen LogP contribution < -0.4 is 10.2 Å². The van der Waals surface area contributed by atoms with Crippen molar-refractivity contribution < 1.29 is 89.1 Å². The van der Waals surface area contributed by atoms with Crippen molar-refractivity contribution in [3.63, 3.8) is 0 Å². The summed E-state index contributed by atoms with van der Waals surface area (Å²) < 4.78 is 27.3. The molecule has 4 heterocycles. The van der Waals surface area contributed by atoms with Gasteiger partial charge >= 0.3 is 11.9 Å². The lowest BCUT2D eigenvalue weighted by atomic mass is 9.83. The summed E-state index contributed by atoms with van der Waals surface area (Å²) in [7, 11) is 0. The van der Waals surface area contributed by atoms with E-state index in [9.17, 15) is 70.6 Å². The van der Waals surface area contributed by atoms with Gasteiger partial charge < -0.3 is 79.5 Å². The van der Waals surface area contributed by atoms with Gasteiger partial charge in [-0.3, -0.25) is 4.79 Å². The molecule has 2 saturated heterocycles. The standard InChI is InChI=1S/C32H30O19/c33-5-2-11-6-12(7-16(36)20(11)37)17-10-15(35)19-14(34)8-13(9-18(19)48-17)47-27-23(40)22(39)26(43)32(51-27)4-1-3-31(29(44)45)25(42)21(38)24(41)28(50-31)49-30(32)46/h6-10,21-28,33-34,36-43H,2,4-5H2,(H,44,45)/t21-,22-,23-,24-,25+,26+,27-,28+,31-,32+/m1/s1. The van der Waals surface area contributed by atoms with E-state index < -0.39 is 107 Å². The quantitative estimate of drug-likeness (QED) is 0.0682. The zero-order chi connectivity index (χ0) is 37.2. The van der Waals surface area contributed by atoms with E-state index in [0.717, 1.165) is 24.3 Å². The van der Waals surface area contributed by atoms with Crippen LogP contribution in [-0.4, -0.2) is 135 Å². The number of aliphatic carboxylic acids is 1. The Morgan fingerprint density at radius 3 is 2.27 bits per heavy atom. The maximum atomic E-state index is 13.6. The van der Waals surface area contributed by atoms with Crippen molar-refractivity contribution in [3.8, 4) is 46.2 Å². The van der Waals surface area contributed by atoms with Crippen LogP contribution in [0.1, 0.15) is 12.0 Å². The minimum atomic E-state index is -2.94. The number of fused-ring (bicyclic) bond motifs is 3. The highest BCUT2D eigenvalue weighted by Gasteiger charge is 2.64. The van der Waals surface area contributed by atoms with Crippen molar-refractivity contribution in [3.05, 3.63) is 46.1 Å². The van der Waals surface area contributed by atoms with Crippen molar-refractivity contribution in [1.29, 1.82) is 0 Å². The number of aliphatic hydroxyl groups excluding tert-OH is 7. The molecule has 6 rings (SSSR count). The monoisotopic (exact) mass is 718 g/mol. The smallest absolute Gasteiger partial charge is 0.351 e. The molecule has 3 aliphatic heterocycles. The molecule has 0 saturated carbocycles. The van der Waals surface area contributed by atoms with Gasteiger partial charge in [0.1, 0.15) is 64.9 Å². The number of carbonyl (C=O) groups is 2. The molecule has 0 amide bonds. The number of hydrogen-bond donors (Lipinski definition) is 11. The summed E-state index contributed by atoms with van der Waals surface area (Å²) in [5.74, 6) is -1.67. The number of hydrogen-bond acceptors (Lipinski definition) is 18. The molecule has 1 aromatic heterocycles. The van der Waals surface area contributed by atoms with Crippen LogP contribution in [0.4, 0.5) is 0 Å². The van der Waals surface area contributed by atoms with Gasteiger partial charge in [0.2, 0.25) is 18.2 Å². The van der Waals surface area contributed by atoms with E-state index >= 15 is 0 Å². The third-order valence-electron chi connectivity index (χ3n) is 8.81. The second-order valence-electron chi connectivity index (χ2n) is 12.0. The molecule has 2 fully saturated rings. The van der Waals surface area contributed by atoms with Gasteiger partial charge in [-0.05, 0) is 18.6 Å². The number of benzene rings is 2. The fraction of sp³-hybridized carbons (Fsp3) is 0.406. The zero-order valence-corrected chi connectivity index (χ0v) is 25.8. The van der Waals surface area contributed by atoms with Crippen LogP contribution in [0.2, 0.25) is 0 Å². The Morgan fingerprint density at radius 2 is 1.59 bits per heavy atom. The van der Waals surface area contributed by atoms with Crippen LogP contribution in [0, 0.1) is 11.8 Å². The minimum absolute atomic E-state index is 0.0622.